The van der Waals surface area contributed by atoms with Crippen LogP contribution >= 0.6 is 11.6 Å². The van der Waals surface area contributed by atoms with E-state index in [4.69, 9.17) is 16.3 Å². The molecule has 0 N–H and O–H groups in total. The lowest BCUT2D eigenvalue weighted by Crippen LogP contribution is -2.00. The first-order valence-corrected chi connectivity index (χ1v) is 7.54. The molecule has 0 amide bonds. The first-order valence-electron chi connectivity index (χ1n) is 7.16. The maximum absolute atomic E-state index is 10.9. The van der Waals surface area contributed by atoms with E-state index in [2.05, 4.69) is 6.92 Å². The maximum atomic E-state index is 10.9. The summed E-state index contributed by atoms with van der Waals surface area (Å²) >= 11 is 5.93. The molecule has 106 valence electrons. The minimum Gasteiger partial charge on any atom is -0.493 e. The summed E-state index contributed by atoms with van der Waals surface area (Å²) in [6.07, 6.45) is 9.49. The quantitative estimate of drug-likeness (QED) is 0.431. The third kappa shape index (κ3) is 6.11. The molecule has 0 saturated heterocycles. The van der Waals surface area contributed by atoms with Gasteiger partial charge in [-0.3, -0.25) is 4.79 Å². The summed E-state index contributed by atoms with van der Waals surface area (Å²) in [4.78, 5) is 10.9. The molecule has 3 heteroatoms. The number of aldehydes is 1. The van der Waals surface area contributed by atoms with Gasteiger partial charge in [0.1, 0.15) is 5.75 Å². The fourth-order valence-electron chi connectivity index (χ4n) is 2.00. The van der Waals surface area contributed by atoms with E-state index in [0.29, 0.717) is 22.9 Å². The Kier molecular flexibility index (Phi) is 8.31. The van der Waals surface area contributed by atoms with Crippen molar-refractivity contribution in [1.82, 2.24) is 0 Å². The van der Waals surface area contributed by atoms with Crippen molar-refractivity contribution in [3.05, 3.63) is 28.8 Å². The summed E-state index contributed by atoms with van der Waals surface area (Å²) in [5.74, 6) is 0.591. The molecule has 0 spiro atoms. The third-order valence-electron chi connectivity index (χ3n) is 3.14. The van der Waals surface area contributed by atoms with Gasteiger partial charge in [-0.15, -0.1) is 0 Å². The van der Waals surface area contributed by atoms with Crippen molar-refractivity contribution in [2.45, 2.75) is 51.9 Å². The first kappa shape index (κ1) is 16.0. The summed E-state index contributed by atoms with van der Waals surface area (Å²) in [5, 5.41) is 0.451. The van der Waals surface area contributed by atoms with Crippen molar-refractivity contribution in [2.24, 2.45) is 0 Å². The van der Waals surface area contributed by atoms with Crippen molar-refractivity contribution < 1.29 is 9.53 Å². The van der Waals surface area contributed by atoms with Gasteiger partial charge in [-0.2, -0.15) is 0 Å². The van der Waals surface area contributed by atoms with Gasteiger partial charge in [0.05, 0.1) is 17.2 Å². The average molecular weight is 283 g/mol. The lowest BCUT2D eigenvalue weighted by molar-refractivity contribution is 0.111. The molecule has 0 radical (unpaired) electrons. The van der Waals surface area contributed by atoms with Crippen LogP contribution in [0.15, 0.2) is 18.2 Å². The Hall–Kier alpha value is -1.02. The average Bonchev–Trinajstić information content (AvgIpc) is 2.42. The number of carbonyl (C=O) groups excluding carboxylic acids is 1. The topological polar surface area (TPSA) is 26.3 Å². The van der Waals surface area contributed by atoms with Crippen LogP contribution in [0.4, 0.5) is 0 Å². The van der Waals surface area contributed by atoms with E-state index in [1.165, 1.54) is 38.5 Å². The Morgan fingerprint density at radius 3 is 2.47 bits per heavy atom. The predicted molar refractivity (Wildman–Crippen MR) is 80.3 cm³/mol. The molecule has 0 aliphatic heterocycles. The van der Waals surface area contributed by atoms with Crippen molar-refractivity contribution >= 4 is 17.9 Å². The second-order valence-corrected chi connectivity index (χ2v) is 5.15. The number of carbonyl (C=O) groups is 1. The first-order chi connectivity index (χ1) is 9.29. The Morgan fingerprint density at radius 2 is 1.79 bits per heavy atom. The highest BCUT2D eigenvalue weighted by molar-refractivity contribution is 6.33. The minimum absolute atomic E-state index is 0.451. The molecule has 0 atom stereocenters. The maximum Gasteiger partial charge on any atom is 0.155 e. The standard InChI is InChI=1S/C16H23ClO2/c1-2-3-4-5-6-7-8-12-19-16-11-9-10-15(17)14(16)13-18/h9-11,13H,2-8,12H2,1H3. The van der Waals surface area contributed by atoms with Gasteiger partial charge in [-0.1, -0.05) is 63.1 Å². The zero-order chi connectivity index (χ0) is 13.9. The number of benzene rings is 1. The van der Waals surface area contributed by atoms with E-state index in [0.717, 1.165) is 12.7 Å². The number of halogens is 1. The highest BCUT2D eigenvalue weighted by Gasteiger charge is 2.06. The van der Waals surface area contributed by atoms with Gasteiger partial charge in [0, 0.05) is 0 Å². The molecule has 0 saturated carbocycles. The molecule has 0 unspecified atom stereocenters. The zero-order valence-corrected chi connectivity index (χ0v) is 12.4. The second-order valence-electron chi connectivity index (χ2n) is 4.74. The number of hydrogen-bond acceptors (Lipinski definition) is 2. The molecule has 2 nitrogen and oxygen atoms in total. The van der Waals surface area contributed by atoms with Crippen LogP contribution in [-0.4, -0.2) is 12.9 Å². The Morgan fingerprint density at radius 1 is 1.11 bits per heavy atom. The van der Waals surface area contributed by atoms with Gasteiger partial charge >= 0.3 is 0 Å². The van der Waals surface area contributed by atoms with Crippen LogP contribution in [-0.2, 0) is 0 Å². The molecule has 19 heavy (non-hydrogen) atoms. The number of rotatable bonds is 10. The van der Waals surface area contributed by atoms with E-state index < -0.39 is 0 Å². The van der Waals surface area contributed by atoms with Gasteiger partial charge in [0.25, 0.3) is 0 Å². The zero-order valence-electron chi connectivity index (χ0n) is 11.7. The van der Waals surface area contributed by atoms with E-state index in [-0.39, 0.29) is 0 Å². The summed E-state index contributed by atoms with van der Waals surface area (Å²) in [5.41, 5.74) is 0.451. The molecule has 0 aromatic heterocycles. The minimum atomic E-state index is 0.451. The highest BCUT2D eigenvalue weighted by Crippen LogP contribution is 2.24. The van der Waals surface area contributed by atoms with Crippen LogP contribution < -0.4 is 4.74 Å². The van der Waals surface area contributed by atoms with Crippen molar-refractivity contribution in [1.29, 1.82) is 0 Å². The molecular formula is C16H23ClO2. The van der Waals surface area contributed by atoms with Gasteiger partial charge in [-0.25, -0.2) is 0 Å². The Labute approximate surface area is 121 Å². The smallest absolute Gasteiger partial charge is 0.155 e. The van der Waals surface area contributed by atoms with E-state index in [9.17, 15) is 4.79 Å². The second kappa shape index (κ2) is 9.85. The molecule has 1 aromatic carbocycles. The number of hydrogen-bond donors (Lipinski definition) is 0. The summed E-state index contributed by atoms with van der Waals surface area (Å²) < 4.78 is 5.62. The summed E-state index contributed by atoms with van der Waals surface area (Å²) in [7, 11) is 0. The van der Waals surface area contributed by atoms with Crippen molar-refractivity contribution in [3.63, 3.8) is 0 Å². The normalized spacial score (nSPS) is 10.4. The third-order valence-corrected chi connectivity index (χ3v) is 3.47. The van der Waals surface area contributed by atoms with Gasteiger partial charge < -0.3 is 4.74 Å². The molecular weight excluding hydrogens is 260 g/mol. The van der Waals surface area contributed by atoms with Crippen LogP contribution in [0.25, 0.3) is 0 Å². The molecule has 0 bridgehead atoms. The monoisotopic (exact) mass is 282 g/mol. The van der Waals surface area contributed by atoms with Gasteiger partial charge in [0.2, 0.25) is 0 Å². The molecule has 1 rings (SSSR count). The van der Waals surface area contributed by atoms with Crippen LogP contribution in [0.3, 0.4) is 0 Å². The fraction of sp³-hybridized carbons (Fsp3) is 0.562. The molecule has 0 fully saturated rings. The van der Waals surface area contributed by atoms with Crippen LogP contribution in [0.2, 0.25) is 5.02 Å². The molecule has 0 aliphatic carbocycles. The summed E-state index contributed by atoms with van der Waals surface area (Å²) in [6, 6.07) is 5.29. The molecule has 1 aromatic rings. The highest BCUT2D eigenvalue weighted by atomic mass is 35.5. The molecule has 0 aliphatic rings. The summed E-state index contributed by atoms with van der Waals surface area (Å²) in [6.45, 7) is 2.87. The lowest BCUT2D eigenvalue weighted by Gasteiger charge is -2.09. The van der Waals surface area contributed by atoms with Crippen LogP contribution in [0.5, 0.6) is 5.75 Å². The number of ether oxygens (including phenoxy) is 1. The molecule has 0 heterocycles. The predicted octanol–water partition coefficient (Wildman–Crippen LogP) is 5.28. The van der Waals surface area contributed by atoms with Crippen LogP contribution in [0, 0.1) is 0 Å². The van der Waals surface area contributed by atoms with E-state index >= 15 is 0 Å². The fourth-order valence-corrected chi connectivity index (χ4v) is 2.21. The van der Waals surface area contributed by atoms with Crippen molar-refractivity contribution in [2.75, 3.05) is 6.61 Å². The Bertz CT molecular complexity index is 377. The number of unbranched alkanes of at least 4 members (excludes halogenated alkanes) is 6. The van der Waals surface area contributed by atoms with E-state index in [1.807, 2.05) is 0 Å². The van der Waals surface area contributed by atoms with Gasteiger partial charge in [0.15, 0.2) is 6.29 Å². The SMILES string of the molecule is CCCCCCCCCOc1cccc(Cl)c1C=O. The largest absolute Gasteiger partial charge is 0.493 e. The van der Waals surface area contributed by atoms with Crippen LogP contribution in [0.1, 0.15) is 62.2 Å². The van der Waals surface area contributed by atoms with Gasteiger partial charge in [-0.05, 0) is 18.6 Å². The van der Waals surface area contributed by atoms with Crippen molar-refractivity contribution in [3.8, 4) is 5.75 Å². The lowest BCUT2D eigenvalue weighted by atomic mass is 10.1. The van der Waals surface area contributed by atoms with E-state index in [1.54, 1.807) is 18.2 Å². The Balaban J connectivity index is 2.19.